The van der Waals surface area contributed by atoms with Gasteiger partial charge in [0.05, 0.1) is 18.5 Å². The molecule has 0 saturated heterocycles. The summed E-state index contributed by atoms with van der Waals surface area (Å²) >= 11 is 3.46. The van der Waals surface area contributed by atoms with Crippen LogP contribution in [-0.4, -0.2) is 15.3 Å². The Balaban J connectivity index is 2.54. The van der Waals surface area contributed by atoms with Gasteiger partial charge < -0.3 is 5.11 Å². The number of hydrogen-bond donors (Lipinski definition) is 2. The van der Waals surface area contributed by atoms with Crippen molar-refractivity contribution in [3.63, 3.8) is 0 Å². The summed E-state index contributed by atoms with van der Waals surface area (Å²) in [5.41, 5.74) is 2.70. The number of aliphatic hydroxyl groups excluding tert-OH is 1. The van der Waals surface area contributed by atoms with E-state index in [4.69, 9.17) is 5.11 Å². The van der Waals surface area contributed by atoms with Gasteiger partial charge in [-0.05, 0) is 11.6 Å². The van der Waals surface area contributed by atoms with E-state index in [0.29, 0.717) is 0 Å². The number of aromatic amines is 1. The number of aromatic nitrogens is 2. The Labute approximate surface area is 89.9 Å². The standard InChI is InChI=1S/C10H9BrN2O/c11-9-4-2-1-3-7(9)8-5-12-13-10(8)6-14/h1-5,14H,6H2,(H,12,13). The maximum Gasteiger partial charge on any atom is 0.0853 e. The van der Waals surface area contributed by atoms with Crippen molar-refractivity contribution in [3.8, 4) is 11.1 Å². The summed E-state index contributed by atoms with van der Waals surface area (Å²) in [6.07, 6.45) is 1.71. The van der Waals surface area contributed by atoms with Crippen LogP contribution in [0.15, 0.2) is 34.9 Å². The molecule has 0 unspecified atom stereocenters. The Morgan fingerprint density at radius 2 is 2.07 bits per heavy atom. The summed E-state index contributed by atoms with van der Waals surface area (Å²) < 4.78 is 0.996. The molecule has 0 fully saturated rings. The molecule has 1 aromatic carbocycles. The molecule has 0 amide bonds. The van der Waals surface area contributed by atoms with Crippen LogP contribution in [0, 0.1) is 0 Å². The highest BCUT2D eigenvalue weighted by Crippen LogP contribution is 2.29. The van der Waals surface area contributed by atoms with Gasteiger partial charge in [0.2, 0.25) is 0 Å². The molecule has 4 heteroatoms. The maximum absolute atomic E-state index is 9.07. The predicted molar refractivity (Wildman–Crippen MR) is 57.6 cm³/mol. The Kier molecular flexibility index (Phi) is 2.65. The van der Waals surface area contributed by atoms with Crippen LogP contribution in [-0.2, 0) is 6.61 Å². The first-order valence-electron chi connectivity index (χ1n) is 4.21. The molecule has 14 heavy (non-hydrogen) atoms. The normalized spacial score (nSPS) is 10.4. The zero-order valence-corrected chi connectivity index (χ0v) is 8.95. The zero-order chi connectivity index (χ0) is 9.97. The first-order valence-corrected chi connectivity index (χ1v) is 5.00. The number of aliphatic hydroxyl groups is 1. The van der Waals surface area contributed by atoms with Crippen molar-refractivity contribution in [1.82, 2.24) is 10.2 Å². The fourth-order valence-corrected chi connectivity index (χ4v) is 1.84. The first-order chi connectivity index (χ1) is 6.83. The largest absolute Gasteiger partial charge is 0.390 e. The molecule has 72 valence electrons. The van der Waals surface area contributed by atoms with Gasteiger partial charge in [-0.2, -0.15) is 5.10 Å². The number of benzene rings is 1. The second-order valence-corrected chi connectivity index (χ2v) is 3.75. The average molecular weight is 253 g/mol. The highest BCUT2D eigenvalue weighted by atomic mass is 79.9. The van der Waals surface area contributed by atoms with Crippen molar-refractivity contribution >= 4 is 15.9 Å². The molecule has 0 radical (unpaired) electrons. The molecule has 0 spiro atoms. The van der Waals surface area contributed by atoms with Gasteiger partial charge in [0, 0.05) is 10.0 Å². The molecule has 2 N–H and O–H groups in total. The van der Waals surface area contributed by atoms with Crippen LogP contribution >= 0.6 is 15.9 Å². The summed E-state index contributed by atoms with van der Waals surface area (Å²) in [6, 6.07) is 7.85. The molecule has 0 bridgehead atoms. The molecule has 0 aliphatic carbocycles. The molecule has 0 saturated carbocycles. The fraction of sp³-hybridized carbons (Fsp3) is 0.100. The van der Waals surface area contributed by atoms with Crippen molar-refractivity contribution in [2.75, 3.05) is 0 Å². The Bertz CT molecular complexity index is 439. The third-order valence-electron chi connectivity index (χ3n) is 2.04. The van der Waals surface area contributed by atoms with E-state index in [1.807, 2.05) is 24.3 Å². The Morgan fingerprint density at radius 3 is 2.79 bits per heavy atom. The third kappa shape index (κ3) is 1.58. The molecule has 0 aliphatic rings. The number of hydrogen-bond acceptors (Lipinski definition) is 2. The van der Waals surface area contributed by atoms with Crippen LogP contribution in [0.1, 0.15) is 5.69 Å². The highest BCUT2D eigenvalue weighted by Gasteiger charge is 2.08. The third-order valence-corrected chi connectivity index (χ3v) is 2.73. The van der Waals surface area contributed by atoms with Crippen molar-refractivity contribution in [1.29, 1.82) is 0 Å². The molecule has 0 aliphatic heterocycles. The van der Waals surface area contributed by atoms with E-state index in [-0.39, 0.29) is 6.61 Å². The predicted octanol–water partition coefficient (Wildman–Crippen LogP) is 2.33. The summed E-state index contributed by atoms with van der Waals surface area (Å²) in [5, 5.41) is 15.7. The van der Waals surface area contributed by atoms with Gasteiger partial charge in [0.25, 0.3) is 0 Å². The Morgan fingerprint density at radius 1 is 1.29 bits per heavy atom. The molecule has 1 heterocycles. The van der Waals surface area contributed by atoms with E-state index in [1.54, 1.807) is 6.20 Å². The second kappa shape index (κ2) is 3.94. The number of halogens is 1. The van der Waals surface area contributed by atoms with E-state index in [9.17, 15) is 0 Å². The second-order valence-electron chi connectivity index (χ2n) is 2.90. The lowest BCUT2D eigenvalue weighted by Crippen LogP contribution is -1.87. The van der Waals surface area contributed by atoms with E-state index < -0.39 is 0 Å². The van der Waals surface area contributed by atoms with E-state index >= 15 is 0 Å². The van der Waals surface area contributed by atoms with Crippen molar-refractivity contribution in [3.05, 3.63) is 40.6 Å². The average Bonchev–Trinajstić information content (AvgIpc) is 2.66. The van der Waals surface area contributed by atoms with Gasteiger partial charge in [0.1, 0.15) is 0 Å². The molecular formula is C10H9BrN2O. The highest BCUT2D eigenvalue weighted by molar-refractivity contribution is 9.10. The van der Waals surface area contributed by atoms with Crippen LogP contribution < -0.4 is 0 Å². The Hall–Kier alpha value is -1.13. The van der Waals surface area contributed by atoms with Crippen molar-refractivity contribution in [2.24, 2.45) is 0 Å². The van der Waals surface area contributed by atoms with Crippen LogP contribution in [0.25, 0.3) is 11.1 Å². The number of rotatable bonds is 2. The van der Waals surface area contributed by atoms with Gasteiger partial charge in [-0.25, -0.2) is 0 Å². The van der Waals surface area contributed by atoms with E-state index in [0.717, 1.165) is 21.3 Å². The smallest absolute Gasteiger partial charge is 0.0853 e. The van der Waals surface area contributed by atoms with Gasteiger partial charge >= 0.3 is 0 Å². The van der Waals surface area contributed by atoms with Crippen LogP contribution in [0.2, 0.25) is 0 Å². The fourth-order valence-electron chi connectivity index (χ4n) is 1.35. The topological polar surface area (TPSA) is 48.9 Å². The number of nitrogens with one attached hydrogen (secondary N) is 1. The first kappa shape index (κ1) is 9.43. The minimum absolute atomic E-state index is 0.0311. The molecule has 2 aromatic rings. The maximum atomic E-state index is 9.07. The lowest BCUT2D eigenvalue weighted by Gasteiger charge is -2.02. The quantitative estimate of drug-likeness (QED) is 0.862. The minimum Gasteiger partial charge on any atom is -0.390 e. The van der Waals surface area contributed by atoms with Crippen LogP contribution in [0.4, 0.5) is 0 Å². The lowest BCUT2D eigenvalue weighted by molar-refractivity contribution is 0.277. The van der Waals surface area contributed by atoms with Gasteiger partial charge in [-0.3, -0.25) is 5.10 Å². The lowest BCUT2D eigenvalue weighted by atomic mass is 10.1. The summed E-state index contributed by atoms with van der Waals surface area (Å²) in [6.45, 7) is -0.0311. The molecule has 0 atom stereocenters. The molecular weight excluding hydrogens is 244 g/mol. The summed E-state index contributed by atoms with van der Waals surface area (Å²) in [5.74, 6) is 0. The van der Waals surface area contributed by atoms with Crippen molar-refractivity contribution < 1.29 is 5.11 Å². The van der Waals surface area contributed by atoms with Gasteiger partial charge in [0.15, 0.2) is 0 Å². The van der Waals surface area contributed by atoms with Gasteiger partial charge in [-0.15, -0.1) is 0 Å². The minimum atomic E-state index is -0.0311. The van der Waals surface area contributed by atoms with Crippen LogP contribution in [0.5, 0.6) is 0 Å². The van der Waals surface area contributed by atoms with Crippen LogP contribution in [0.3, 0.4) is 0 Å². The number of H-pyrrole nitrogens is 1. The molecule has 2 rings (SSSR count). The molecule has 3 nitrogen and oxygen atoms in total. The SMILES string of the molecule is OCc1[nH]ncc1-c1ccccc1Br. The number of nitrogens with zero attached hydrogens (tertiary/aromatic N) is 1. The van der Waals surface area contributed by atoms with Crippen molar-refractivity contribution in [2.45, 2.75) is 6.61 Å². The monoisotopic (exact) mass is 252 g/mol. The molecule has 1 aromatic heterocycles. The van der Waals surface area contributed by atoms with Gasteiger partial charge in [-0.1, -0.05) is 34.1 Å². The summed E-state index contributed by atoms with van der Waals surface area (Å²) in [7, 11) is 0. The van der Waals surface area contributed by atoms with E-state index in [1.165, 1.54) is 0 Å². The van der Waals surface area contributed by atoms with E-state index in [2.05, 4.69) is 26.1 Å². The zero-order valence-electron chi connectivity index (χ0n) is 7.37. The summed E-state index contributed by atoms with van der Waals surface area (Å²) in [4.78, 5) is 0.